The van der Waals surface area contributed by atoms with E-state index in [1.165, 1.54) is 64.2 Å². The van der Waals surface area contributed by atoms with Gasteiger partial charge in [0.2, 0.25) is 0 Å². The molecule has 0 bridgehead atoms. The summed E-state index contributed by atoms with van der Waals surface area (Å²) in [5, 5.41) is 9.58. The maximum Gasteiger partial charge on any atom is 0.137 e. The second-order valence-corrected chi connectivity index (χ2v) is 8.78. The van der Waals surface area contributed by atoms with Crippen LogP contribution in [0.2, 0.25) is 0 Å². The zero-order valence-electron chi connectivity index (χ0n) is 19.1. The van der Waals surface area contributed by atoms with Crippen LogP contribution in [0.1, 0.15) is 83.1 Å². The summed E-state index contributed by atoms with van der Waals surface area (Å²) in [6.45, 7) is 3.73. The third kappa shape index (κ3) is 7.62. The molecule has 0 saturated heterocycles. The van der Waals surface area contributed by atoms with Crippen molar-refractivity contribution in [2.75, 3.05) is 13.2 Å². The highest BCUT2D eigenvalue weighted by Crippen LogP contribution is 2.29. The van der Waals surface area contributed by atoms with E-state index in [0.717, 1.165) is 29.9 Å². The predicted octanol–water partition coefficient (Wildman–Crippen LogP) is 7.92. The molecule has 0 unspecified atom stereocenters. The van der Waals surface area contributed by atoms with E-state index in [9.17, 15) is 5.26 Å². The van der Waals surface area contributed by atoms with Crippen LogP contribution in [0.25, 0.3) is 11.1 Å². The number of nitriles is 1. The summed E-state index contributed by atoms with van der Waals surface area (Å²) in [6, 6.07) is 16.4. The van der Waals surface area contributed by atoms with Gasteiger partial charge < -0.3 is 9.47 Å². The number of nitrogens with zero attached hydrogens (tertiary/aromatic N) is 1. The number of benzene rings is 2. The number of rotatable bonds is 12. The molecule has 2 aromatic rings. The lowest BCUT2D eigenvalue weighted by atomic mass is 9.90. The molecule has 1 aliphatic carbocycles. The highest BCUT2D eigenvalue weighted by atomic mass is 16.5. The van der Waals surface area contributed by atoms with Crippen molar-refractivity contribution < 1.29 is 9.47 Å². The van der Waals surface area contributed by atoms with E-state index in [4.69, 9.17) is 9.47 Å². The molecule has 0 aliphatic heterocycles. The molecule has 0 heterocycles. The first-order valence-electron chi connectivity index (χ1n) is 12.2. The monoisotopic (exact) mass is 419 g/mol. The maximum absolute atomic E-state index is 9.58. The van der Waals surface area contributed by atoms with Gasteiger partial charge in [-0.1, -0.05) is 76.5 Å². The average Bonchev–Trinajstić information content (AvgIpc) is 2.83. The fourth-order valence-electron chi connectivity index (χ4n) is 4.30. The quantitative estimate of drug-likeness (QED) is 0.328. The topological polar surface area (TPSA) is 42.2 Å². The van der Waals surface area contributed by atoms with E-state index in [0.29, 0.717) is 23.8 Å². The Labute approximate surface area is 188 Å². The minimum absolute atomic E-state index is 0.598. The summed E-state index contributed by atoms with van der Waals surface area (Å²) >= 11 is 0. The molecular weight excluding hydrogens is 382 g/mol. The Morgan fingerprint density at radius 1 is 0.839 bits per heavy atom. The highest BCUT2D eigenvalue weighted by molar-refractivity contribution is 5.67. The van der Waals surface area contributed by atoms with Crippen LogP contribution in [0.5, 0.6) is 11.5 Å². The summed E-state index contributed by atoms with van der Waals surface area (Å²) in [5.74, 6) is 2.32. The zero-order valence-corrected chi connectivity index (χ0v) is 19.1. The molecule has 3 rings (SSSR count). The first-order chi connectivity index (χ1) is 15.3. The third-order valence-corrected chi connectivity index (χ3v) is 6.25. The molecule has 1 aliphatic rings. The van der Waals surface area contributed by atoms with Crippen LogP contribution < -0.4 is 9.47 Å². The van der Waals surface area contributed by atoms with Gasteiger partial charge in [-0.2, -0.15) is 5.26 Å². The van der Waals surface area contributed by atoms with E-state index in [-0.39, 0.29) is 0 Å². The standard InChI is InChI=1S/C28H37NO2/c1-2-3-4-5-6-10-19-30-28-18-15-25(20-26(28)21-29)24-13-16-27(17-14-24)31-22-23-11-8-7-9-12-23/h13-18,20,23H,2-12,19,22H2,1H3. The minimum atomic E-state index is 0.598. The predicted molar refractivity (Wildman–Crippen MR) is 128 cm³/mol. The molecular formula is C28H37NO2. The van der Waals surface area contributed by atoms with Crippen LogP contribution >= 0.6 is 0 Å². The van der Waals surface area contributed by atoms with Crippen molar-refractivity contribution in [1.29, 1.82) is 5.26 Å². The number of unbranched alkanes of at least 4 members (excludes halogenated alkanes) is 5. The van der Waals surface area contributed by atoms with Crippen molar-refractivity contribution in [1.82, 2.24) is 0 Å². The Bertz CT molecular complexity index is 816. The molecule has 0 N–H and O–H groups in total. The van der Waals surface area contributed by atoms with Crippen LogP contribution in [0.3, 0.4) is 0 Å². The Morgan fingerprint density at radius 2 is 1.55 bits per heavy atom. The van der Waals surface area contributed by atoms with Gasteiger partial charge in [0.05, 0.1) is 18.8 Å². The van der Waals surface area contributed by atoms with Crippen LogP contribution in [0.15, 0.2) is 42.5 Å². The molecule has 0 amide bonds. The van der Waals surface area contributed by atoms with Gasteiger partial charge in [0.25, 0.3) is 0 Å². The first-order valence-corrected chi connectivity index (χ1v) is 12.2. The van der Waals surface area contributed by atoms with Crippen LogP contribution in [-0.4, -0.2) is 13.2 Å². The summed E-state index contributed by atoms with van der Waals surface area (Å²) in [5.41, 5.74) is 2.72. The molecule has 166 valence electrons. The first kappa shape index (κ1) is 23.2. The second kappa shape index (κ2) is 13.1. The van der Waals surface area contributed by atoms with E-state index in [2.05, 4.69) is 25.1 Å². The summed E-state index contributed by atoms with van der Waals surface area (Å²) in [6.07, 6.45) is 14.0. The summed E-state index contributed by atoms with van der Waals surface area (Å²) < 4.78 is 11.9. The van der Waals surface area contributed by atoms with Crippen molar-refractivity contribution in [3.8, 4) is 28.7 Å². The Kier molecular flexibility index (Phi) is 9.77. The Morgan fingerprint density at radius 3 is 2.29 bits per heavy atom. The molecule has 31 heavy (non-hydrogen) atoms. The van der Waals surface area contributed by atoms with Gasteiger partial charge in [0, 0.05) is 0 Å². The zero-order chi connectivity index (χ0) is 21.7. The van der Waals surface area contributed by atoms with Gasteiger partial charge in [0.15, 0.2) is 0 Å². The van der Waals surface area contributed by atoms with Crippen LogP contribution in [-0.2, 0) is 0 Å². The SMILES string of the molecule is CCCCCCCCOc1ccc(-c2ccc(OCC3CCCCC3)cc2)cc1C#N. The third-order valence-electron chi connectivity index (χ3n) is 6.25. The lowest BCUT2D eigenvalue weighted by molar-refractivity contribution is 0.209. The van der Waals surface area contributed by atoms with E-state index in [1.807, 2.05) is 30.3 Å². The minimum Gasteiger partial charge on any atom is -0.493 e. The van der Waals surface area contributed by atoms with Gasteiger partial charge in [0.1, 0.15) is 17.6 Å². The largest absolute Gasteiger partial charge is 0.493 e. The maximum atomic E-state index is 9.58. The van der Waals surface area contributed by atoms with Gasteiger partial charge in [-0.05, 0) is 60.6 Å². The molecule has 0 radical (unpaired) electrons. The van der Waals surface area contributed by atoms with Crippen molar-refractivity contribution in [2.24, 2.45) is 5.92 Å². The van der Waals surface area contributed by atoms with Gasteiger partial charge in [-0.15, -0.1) is 0 Å². The van der Waals surface area contributed by atoms with Crippen LogP contribution in [0.4, 0.5) is 0 Å². The fourth-order valence-corrected chi connectivity index (χ4v) is 4.30. The fraction of sp³-hybridized carbons (Fsp3) is 0.536. The van der Waals surface area contributed by atoms with Gasteiger partial charge in [-0.25, -0.2) is 0 Å². The molecule has 2 aromatic carbocycles. The van der Waals surface area contributed by atoms with Crippen molar-refractivity contribution >= 4 is 0 Å². The summed E-state index contributed by atoms with van der Waals surface area (Å²) in [7, 11) is 0. The van der Waals surface area contributed by atoms with E-state index < -0.39 is 0 Å². The number of hydrogen-bond acceptors (Lipinski definition) is 3. The van der Waals surface area contributed by atoms with Gasteiger partial charge >= 0.3 is 0 Å². The highest BCUT2D eigenvalue weighted by Gasteiger charge is 2.14. The van der Waals surface area contributed by atoms with Crippen molar-refractivity contribution in [3.05, 3.63) is 48.0 Å². The summed E-state index contributed by atoms with van der Waals surface area (Å²) in [4.78, 5) is 0. The normalized spacial score (nSPS) is 14.2. The van der Waals surface area contributed by atoms with Crippen molar-refractivity contribution in [2.45, 2.75) is 77.6 Å². The van der Waals surface area contributed by atoms with Gasteiger partial charge in [-0.3, -0.25) is 0 Å². The lowest BCUT2D eigenvalue weighted by Gasteiger charge is -2.21. The second-order valence-electron chi connectivity index (χ2n) is 8.78. The van der Waals surface area contributed by atoms with Crippen LogP contribution in [0, 0.1) is 17.2 Å². The molecule has 0 atom stereocenters. The lowest BCUT2D eigenvalue weighted by Crippen LogP contribution is -2.15. The Balaban J connectivity index is 1.50. The van der Waals surface area contributed by atoms with E-state index >= 15 is 0 Å². The van der Waals surface area contributed by atoms with Crippen molar-refractivity contribution in [3.63, 3.8) is 0 Å². The van der Waals surface area contributed by atoms with E-state index in [1.54, 1.807) is 0 Å². The number of hydrogen-bond donors (Lipinski definition) is 0. The number of ether oxygens (including phenoxy) is 2. The smallest absolute Gasteiger partial charge is 0.137 e. The molecule has 3 nitrogen and oxygen atoms in total. The molecule has 1 saturated carbocycles. The molecule has 3 heteroatoms. The molecule has 1 fully saturated rings. The molecule has 0 aromatic heterocycles. The average molecular weight is 420 g/mol. The molecule has 0 spiro atoms. The Hall–Kier alpha value is -2.47.